The van der Waals surface area contributed by atoms with Gasteiger partial charge in [-0.25, -0.2) is 0 Å². The maximum Gasteiger partial charge on any atom is 0.0697 e. The first-order valence-corrected chi connectivity index (χ1v) is 8.32. The zero-order valence-electron chi connectivity index (χ0n) is 12.4. The van der Waals surface area contributed by atoms with Crippen molar-refractivity contribution in [3.63, 3.8) is 0 Å². The first kappa shape index (κ1) is 13.8. The Balaban J connectivity index is 1.64. The van der Waals surface area contributed by atoms with Crippen LogP contribution in [0.25, 0.3) is 0 Å². The molecule has 0 aromatic carbocycles. The Hall–Kier alpha value is -0.120. The van der Waals surface area contributed by atoms with Crippen molar-refractivity contribution in [2.45, 2.75) is 76.0 Å². The van der Waals surface area contributed by atoms with Crippen molar-refractivity contribution in [1.82, 2.24) is 4.90 Å². The lowest BCUT2D eigenvalue weighted by molar-refractivity contribution is -0.125. The Morgan fingerprint density at radius 3 is 2.74 bits per heavy atom. The molecule has 0 radical (unpaired) electrons. The molecule has 0 aromatic heterocycles. The fourth-order valence-corrected chi connectivity index (χ4v) is 4.68. The first-order chi connectivity index (χ1) is 9.22. The molecule has 3 aliphatic rings. The molecule has 2 saturated heterocycles. The smallest absolute Gasteiger partial charge is 0.0697 e. The summed E-state index contributed by atoms with van der Waals surface area (Å²) >= 11 is 0. The molecule has 1 spiro atoms. The van der Waals surface area contributed by atoms with E-state index in [4.69, 9.17) is 10.5 Å². The van der Waals surface area contributed by atoms with Gasteiger partial charge in [0, 0.05) is 25.2 Å². The fraction of sp³-hybridized carbons (Fsp3) is 1.00. The van der Waals surface area contributed by atoms with Crippen molar-refractivity contribution in [3.8, 4) is 0 Å². The molecule has 1 saturated carbocycles. The summed E-state index contributed by atoms with van der Waals surface area (Å²) < 4.78 is 6.23. The maximum absolute atomic E-state index is 6.23. The quantitative estimate of drug-likeness (QED) is 0.835. The lowest BCUT2D eigenvalue weighted by atomic mass is 9.78. The summed E-state index contributed by atoms with van der Waals surface area (Å²) in [5, 5.41) is 0. The average Bonchev–Trinajstić information content (AvgIpc) is 2.81. The highest BCUT2D eigenvalue weighted by atomic mass is 16.5. The first-order valence-electron chi connectivity index (χ1n) is 8.32. The van der Waals surface area contributed by atoms with Crippen LogP contribution >= 0.6 is 0 Å². The molecule has 3 heteroatoms. The van der Waals surface area contributed by atoms with Crippen molar-refractivity contribution >= 4 is 0 Å². The SMILES string of the molecule is CC1CC(CN)CN1C1CCOC2(CCCCC2)C1. The van der Waals surface area contributed by atoms with Crippen LogP contribution in [0.15, 0.2) is 0 Å². The molecule has 1 aliphatic carbocycles. The van der Waals surface area contributed by atoms with Crippen molar-refractivity contribution < 1.29 is 4.74 Å². The molecule has 2 heterocycles. The Labute approximate surface area is 117 Å². The zero-order chi connectivity index (χ0) is 13.3. The standard InChI is InChI=1S/C16H30N2O/c1-13-9-14(11-17)12-18(13)15-5-8-19-16(10-15)6-3-2-4-7-16/h13-15H,2-12,17H2,1H3. The molecule has 3 unspecified atom stereocenters. The molecule has 110 valence electrons. The summed E-state index contributed by atoms with van der Waals surface area (Å²) in [5.74, 6) is 0.722. The van der Waals surface area contributed by atoms with E-state index in [1.54, 1.807) is 0 Å². The van der Waals surface area contributed by atoms with Crippen LogP contribution in [0.2, 0.25) is 0 Å². The van der Waals surface area contributed by atoms with Crippen LogP contribution in [-0.2, 0) is 4.74 Å². The van der Waals surface area contributed by atoms with Crippen molar-refractivity contribution in [2.75, 3.05) is 19.7 Å². The lowest BCUT2D eigenvalue weighted by Crippen LogP contribution is -2.50. The van der Waals surface area contributed by atoms with Crippen LogP contribution in [-0.4, -0.2) is 42.3 Å². The Bertz CT molecular complexity index is 296. The van der Waals surface area contributed by atoms with Gasteiger partial charge >= 0.3 is 0 Å². The zero-order valence-corrected chi connectivity index (χ0v) is 12.4. The van der Waals surface area contributed by atoms with Crippen LogP contribution in [0.5, 0.6) is 0 Å². The van der Waals surface area contributed by atoms with Gasteiger partial charge in [0.15, 0.2) is 0 Å². The van der Waals surface area contributed by atoms with Crippen LogP contribution in [0, 0.1) is 5.92 Å². The van der Waals surface area contributed by atoms with Crippen LogP contribution in [0.3, 0.4) is 0 Å². The average molecular weight is 266 g/mol. The highest BCUT2D eigenvalue weighted by Gasteiger charge is 2.42. The van der Waals surface area contributed by atoms with Crippen LogP contribution in [0.4, 0.5) is 0 Å². The Kier molecular flexibility index (Phi) is 4.16. The molecule has 3 fully saturated rings. The van der Waals surface area contributed by atoms with Gasteiger partial charge in [0.1, 0.15) is 0 Å². The summed E-state index contributed by atoms with van der Waals surface area (Å²) in [4.78, 5) is 2.75. The monoisotopic (exact) mass is 266 g/mol. The second-order valence-corrected chi connectivity index (χ2v) is 7.12. The van der Waals surface area contributed by atoms with Crippen LogP contribution in [0.1, 0.15) is 58.3 Å². The molecular weight excluding hydrogens is 236 g/mol. The predicted octanol–water partition coefficient (Wildman–Crippen LogP) is 2.54. The third kappa shape index (κ3) is 2.84. The summed E-state index contributed by atoms with van der Waals surface area (Å²) in [6.07, 6.45) is 10.5. The molecule has 0 bridgehead atoms. The van der Waals surface area contributed by atoms with Gasteiger partial charge in [-0.1, -0.05) is 19.3 Å². The van der Waals surface area contributed by atoms with E-state index in [0.717, 1.165) is 31.2 Å². The Morgan fingerprint density at radius 2 is 2.05 bits per heavy atom. The third-order valence-electron chi connectivity index (χ3n) is 5.74. The molecule has 0 aromatic rings. The normalized spacial score (nSPS) is 39.8. The third-order valence-corrected chi connectivity index (χ3v) is 5.74. The number of likely N-dealkylation sites (tertiary alicyclic amines) is 1. The molecule has 2 aliphatic heterocycles. The topological polar surface area (TPSA) is 38.5 Å². The summed E-state index contributed by atoms with van der Waals surface area (Å²) in [6, 6.07) is 1.47. The maximum atomic E-state index is 6.23. The van der Waals surface area contributed by atoms with Crippen molar-refractivity contribution in [3.05, 3.63) is 0 Å². The molecule has 3 nitrogen and oxygen atoms in total. The molecule has 3 rings (SSSR count). The summed E-state index contributed by atoms with van der Waals surface area (Å²) in [6.45, 7) is 5.44. The lowest BCUT2D eigenvalue weighted by Gasteiger charge is -2.46. The van der Waals surface area contributed by atoms with E-state index in [1.807, 2.05) is 0 Å². The molecule has 0 amide bonds. The van der Waals surface area contributed by atoms with Gasteiger partial charge in [-0.3, -0.25) is 4.90 Å². The highest BCUT2D eigenvalue weighted by Crippen LogP contribution is 2.41. The number of rotatable bonds is 2. The minimum Gasteiger partial charge on any atom is -0.375 e. The minimum atomic E-state index is 0.238. The van der Waals surface area contributed by atoms with Crippen LogP contribution < -0.4 is 5.73 Å². The van der Waals surface area contributed by atoms with E-state index in [2.05, 4.69) is 11.8 Å². The number of hydrogen-bond donors (Lipinski definition) is 1. The second kappa shape index (κ2) is 5.71. The molecule has 2 N–H and O–H groups in total. The predicted molar refractivity (Wildman–Crippen MR) is 78.1 cm³/mol. The van der Waals surface area contributed by atoms with E-state index in [1.165, 1.54) is 57.9 Å². The molecule has 19 heavy (non-hydrogen) atoms. The number of nitrogens with two attached hydrogens (primary N) is 1. The second-order valence-electron chi connectivity index (χ2n) is 7.12. The highest BCUT2D eigenvalue weighted by molar-refractivity contribution is 4.96. The summed E-state index contributed by atoms with van der Waals surface area (Å²) in [5.41, 5.74) is 6.11. The number of hydrogen-bond acceptors (Lipinski definition) is 3. The van der Waals surface area contributed by atoms with Gasteiger partial charge < -0.3 is 10.5 Å². The van der Waals surface area contributed by atoms with E-state index >= 15 is 0 Å². The van der Waals surface area contributed by atoms with Crippen molar-refractivity contribution in [1.29, 1.82) is 0 Å². The van der Waals surface area contributed by atoms with Gasteiger partial charge in [0.25, 0.3) is 0 Å². The number of nitrogens with zero attached hydrogens (tertiary/aromatic N) is 1. The van der Waals surface area contributed by atoms with E-state index < -0.39 is 0 Å². The molecule has 3 atom stereocenters. The van der Waals surface area contributed by atoms with E-state index in [-0.39, 0.29) is 5.60 Å². The largest absolute Gasteiger partial charge is 0.375 e. The number of ether oxygens (including phenoxy) is 1. The van der Waals surface area contributed by atoms with Crippen molar-refractivity contribution in [2.24, 2.45) is 11.7 Å². The van der Waals surface area contributed by atoms with Gasteiger partial charge in [0.05, 0.1) is 5.60 Å². The van der Waals surface area contributed by atoms with Gasteiger partial charge in [-0.2, -0.15) is 0 Å². The molecular formula is C16H30N2O. The van der Waals surface area contributed by atoms with Gasteiger partial charge in [-0.05, 0) is 51.5 Å². The Morgan fingerprint density at radius 1 is 1.26 bits per heavy atom. The summed E-state index contributed by atoms with van der Waals surface area (Å²) in [7, 11) is 0. The minimum absolute atomic E-state index is 0.238. The fourth-order valence-electron chi connectivity index (χ4n) is 4.68. The van der Waals surface area contributed by atoms with E-state index in [9.17, 15) is 0 Å². The van der Waals surface area contributed by atoms with Gasteiger partial charge in [0.2, 0.25) is 0 Å². The van der Waals surface area contributed by atoms with E-state index in [0.29, 0.717) is 0 Å². The van der Waals surface area contributed by atoms with Gasteiger partial charge in [-0.15, -0.1) is 0 Å².